The van der Waals surface area contributed by atoms with Crippen LogP contribution in [-0.2, 0) is 4.74 Å². The summed E-state index contributed by atoms with van der Waals surface area (Å²) in [7, 11) is 0. The van der Waals surface area contributed by atoms with Crippen molar-refractivity contribution in [2.24, 2.45) is 0 Å². The third-order valence-corrected chi connectivity index (χ3v) is 5.47. The highest BCUT2D eigenvalue weighted by Crippen LogP contribution is 2.41. The monoisotopic (exact) mass is 373 g/mol. The molecule has 1 aliphatic rings. The predicted octanol–water partition coefficient (Wildman–Crippen LogP) is 5.88. The summed E-state index contributed by atoms with van der Waals surface area (Å²) in [6, 6.07) is 28.7. The quantitative estimate of drug-likeness (QED) is 0.606. The molecule has 0 bridgehead atoms. The number of ether oxygens (including phenoxy) is 1. The smallest absolute Gasteiger partial charge is 0.115 e. The number of phenols is 1. The lowest BCUT2D eigenvalue weighted by atomic mass is 9.92. The Bertz CT molecular complexity index is 881. The highest BCUT2D eigenvalue weighted by molar-refractivity contribution is 5.49. The van der Waals surface area contributed by atoms with Crippen LogP contribution in [0.5, 0.6) is 5.75 Å². The second-order valence-electron chi connectivity index (χ2n) is 7.39. The highest BCUT2D eigenvalue weighted by Gasteiger charge is 2.38. The van der Waals surface area contributed by atoms with Gasteiger partial charge >= 0.3 is 0 Å². The van der Waals surface area contributed by atoms with Crippen LogP contribution in [0.25, 0.3) is 0 Å². The molecule has 3 atom stereocenters. The van der Waals surface area contributed by atoms with Crippen molar-refractivity contribution in [1.29, 1.82) is 0 Å². The zero-order valence-corrected chi connectivity index (χ0v) is 16.2. The van der Waals surface area contributed by atoms with Gasteiger partial charge in [-0.3, -0.25) is 0 Å². The van der Waals surface area contributed by atoms with Crippen LogP contribution >= 0.6 is 0 Å². The van der Waals surface area contributed by atoms with Gasteiger partial charge < -0.3 is 14.7 Å². The van der Waals surface area contributed by atoms with Gasteiger partial charge in [-0.15, -0.1) is 0 Å². The lowest BCUT2D eigenvalue weighted by Gasteiger charge is -2.46. The molecule has 1 N–H and O–H groups in total. The normalized spacial score (nSPS) is 22.2. The van der Waals surface area contributed by atoms with Gasteiger partial charge in [0, 0.05) is 12.2 Å². The Labute approximate surface area is 167 Å². The fourth-order valence-electron chi connectivity index (χ4n) is 4.16. The molecule has 3 aromatic carbocycles. The lowest BCUT2D eigenvalue weighted by Crippen LogP contribution is -2.48. The number of morpholine rings is 1. The fraction of sp³-hybridized carbons (Fsp3) is 0.280. The number of benzene rings is 3. The zero-order valence-electron chi connectivity index (χ0n) is 16.2. The van der Waals surface area contributed by atoms with E-state index in [4.69, 9.17) is 4.74 Å². The Morgan fingerprint density at radius 2 is 1.57 bits per heavy atom. The molecule has 0 aliphatic carbocycles. The average molecular weight is 373 g/mol. The van der Waals surface area contributed by atoms with Crippen LogP contribution in [0.1, 0.15) is 43.1 Å². The Morgan fingerprint density at radius 3 is 2.25 bits per heavy atom. The molecular formula is C25H27NO2. The number of hydrogen-bond donors (Lipinski definition) is 1. The van der Waals surface area contributed by atoms with Crippen molar-refractivity contribution < 1.29 is 9.84 Å². The van der Waals surface area contributed by atoms with Gasteiger partial charge in [0.2, 0.25) is 0 Å². The van der Waals surface area contributed by atoms with Crippen molar-refractivity contribution in [3.05, 3.63) is 96.1 Å². The van der Waals surface area contributed by atoms with Gasteiger partial charge in [-0.1, -0.05) is 74.0 Å². The van der Waals surface area contributed by atoms with Crippen LogP contribution in [0, 0.1) is 0 Å². The number of hydrogen-bond acceptors (Lipinski definition) is 3. The first kappa shape index (κ1) is 18.6. The minimum atomic E-state index is -0.105. The first-order valence-corrected chi connectivity index (χ1v) is 10.1. The van der Waals surface area contributed by atoms with E-state index in [-0.39, 0.29) is 24.0 Å². The van der Waals surface area contributed by atoms with Crippen LogP contribution < -0.4 is 4.90 Å². The third-order valence-electron chi connectivity index (χ3n) is 5.47. The number of anilines is 1. The summed E-state index contributed by atoms with van der Waals surface area (Å²) in [4.78, 5) is 2.49. The molecule has 0 amide bonds. The van der Waals surface area contributed by atoms with E-state index in [1.54, 1.807) is 6.07 Å². The Kier molecular flexibility index (Phi) is 5.63. The lowest BCUT2D eigenvalue weighted by molar-refractivity contribution is -0.0550. The summed E-state index contributed by atoms with van der Waals surface area (Å²) >= 11 is 0. The van der Waals surface area contributed by atoms with Gasteiger partial charge in [0.25, 0.3) is 0 Å². The number of nitrogens with zero attached hydrogens (tertiary/aromatic N) is 1. The molecule has 3 unspecified atom stereocenters. The summed E-state index contributed by atoms with van der Waals surface area (Å²) in [6.07, 6.45) is 1.97. The van der Waals surface area contributed by atoms with Crippen molar-refractivity contribution in [2.45, 2.75) is 38.0 Å². The van der Waals surface area contributed by atoms with Crippen LogP contribution in [-0.4, -0.2) is 17.7 Å². The molecule has 1 fully saturated rings. The van der Waals surface area contributed by atoms with Crippen LogP contribution in [0.15, 0.2) is 84.9 Å². The summed E-state index contributed by atoms with van der Waals surface area (Å²) < 4.78 is 6.68. The van der Waals surface area contributed by atoms with Gasteiger partial charge in [-0.2, -0.15) is 0 Å². The molecule has 4 rings (SSSR count). The van der Waals surface area contributed by atoms with Crippen molar-refractivity contribution >= 4 is 5.69 Å². The summed E-state index contributed by atoms with van der Waals surface area (Å²) in [6.45, 7) is 3.03. The van der Waals surface area contributed by atoms with E-state index in [0.717, 1.165) is 24.9 Å². The van der Waals surface area contributed by atoms with E-state index in [1.165, 1.54) is 11.3 Å². The van der Waals surface area contributed by atoms with Gasteiger partial charge in [0.1, 0.15) is 18.0 Å². The maximum Gasteiger partial charge on any atom is 0.115 e. The van der Waals surface area contributed by atoms with E-state index in [1.807, 2.05) is 18.2 Å². The molecule has 0 aromatic heterocycles. The van der Waals surface area contributed by atoms with E-state index in [2.05, 4.69) is 72.5 Å². The number of para-hydroxylation sites is 1. The minimum Gasteiger partial charge on any atom is -0.508 e. The van der Waals surface area contributed by atoms with E-state index >= 15 is 0 Å². The Hall–Kier alpha value is -2.78. The largest absolute Gasteiger partial charge is 0.508 e. The molecule has 0 saturated carbocycles. The standard InChI is InChI=1S/C25H27NO2/c1-2-10-23-25(20-13-9-16-22(27)17-20)28-24(19-11-5-3-6-12-19)18-26(23)21-14-7-4-8-15-21/h3-9,11-17,23-25,27H,2,10,18H2,1H3. The summed E-state index contributed by atoms with van der Waals surface area (Å²) in [5.41, 5.74) is 3.43. The van der Waals surface area contributed by atoms with Gasteiger partial charge in [-0.25, -0.2) is 0 Å². The van der Waals surface area contributed by atoms with Crippen molar-refractivity contribution in [1.82, 2.24) is 0 Å². The van der Waals surface area contributed by atoms with E-state index < -0.39 is 0 Å². The van der Waals surface area contributed by atoms with E-state index in [0.29, 0.717) is 0 Å². The van der Waals surface area contributed by atoms with E-state index in [9.17, 15) is 5.11 Å². The van der Waals surface area contributed by atoms with Crippen LogP contribution in [0.4, 0.5) is 5.69 Å². The number of phenolic OH excluding ortho intramolecular Hbond substituents is 1. The molecular weight excluding hydrogens is 346 g/mol. The Morgan fingerprint density at radius 1 is 0.893 bits per heavy atom. The molecule has 1 aliphatic heterocycles. The summed E-state index contributed by atoms with van der Waals surface area (Å²) in [5, 5.41) is 10.1. The molecule has 3 nitrogen and oxygen atoms in total. The molecule has 144 valence electrons. The molecule has 3 aromatic rings. The molecule has 1 heterocycles. The predicted molar refractivity (Wildman–Crippen MR) is 114 cm³/mol. The minimum absolute atomic E-state index is 0.0261. The molecule has 3 heteroatoms. The fourth-order valence-corrected chi connectivity index (χ4v) is 4.16. The van der Waals surface area contributed by atoms with Crippen LogP contribution in [0.2, 0.25) is 0 Å². The van der Waals surface area contributed by atoms with Crippen molar-refractivity contribution in [2.75, 3.05) is 11.4 Å². The zero-order chi connectivity index (χ0) is 19.3. The summed E-state index contributed by atoms with van der Waals surface area (Å²) in [5.74, 6) is 0.282. The SMILES string of the molecule is CCCC1C(c2cccc(O)c2)OC(c2ccccc2)CN1c1ccccc1. The van der Waals surface area contributed by atoms with Crippen molar-refractivity contribution in [3.63, 3.8) is 0 Å². The third kappa shape index (κ3) is 3.90. The van der Waals surface area contributed by atoms with Gasteiger partial charge in [0.05, 0.1) is 6.04 Å². The molecule has 0 radical (unpaired) electrons. The number of aromatic hydroxyl groups is 1. The molecule has 1 saturated heterocycles. The topological polar surface area (TPSA) is 32.7 Å². The van der Waals surface area contributed by atoms with Crippen LogP contribution in [0.3, 0.4) is 0 Å². The highest BCUT2D eigenvalue weighted by atomic mass is 16.5. The molecule has 0 spiro atoms. The Balaban J connectivity index is 1.77. The first-order valence-electron chi connectivity index (χ1n) is 10.1. The number of rotatable bonds is 5. The van der Waals surface area contributed by atoms with Crippen molar-refractivity contribution in [3.8, 4) is 5.75 Å². The maximum absolute atomic E-state index is 10.1. The second-order valence-corrected chi connectivity index (χ2v) is 7.39. The average Bonchev–Trinajstić information content (AvgIpc) is 2.75. The first-order chi connectivity index (χ1) is 13.8. The van der Waals surface area contributed by atoms with Gasteiger partial charge in [-0.05, 0) is 41.8 Å². The maximum atomic E-state index is 10.1. The second kappa shape index (κ2) is 8.49. The molecule has 28 heavy (non-hydrogen) atoms. The van der Waals surface area contributed by atoms with Gasteiger partial charge in [0.15, 0.2) is 0 Å².